The molecule has 1 amide bonds. The summed E-state index contributed by atoms with van der Waals surface area (Å²) in [5.41, 5.74) is 1.53. The maximum Gasteiger partial charge on any atom is 0.247 e. The van der Waals surface area contributed by atoms with Gasteiger partial charge < -0.3 is 5.32 Å². The summed E-state index contributed by atoms with van der Waals surface area (Å²) in [6.45, 7) is 3.30. The monoisotopic (exact) mass is 384 g/mol. The van der Waals surface area contributed by atoms with Crippen LogP contribution in [0, 0.1) is 12.7 Å². The third kappa shape index (κ3) is 4.70. The van der Waals surface area contributed by atoms with Gasteiger partial charge in [0.2, 0.25) is 15.9 Å². The molecule has 25 heavy (non-hydrogen) atoms. The largest absolute Gasteiger partial charge is 0.324 e. The van der Waals surface area contributed by atoms with Crippen LogP contribution in [0.15, 0.2) is 42.5 Å². The van der Waals surface area contributed by atoms with E-state index in [1.807, 2.05) is 13.0 Å². The van der Waals surface area contributed by atoms with E-state index in [0.29, 0.717) is 5.69 Å². The van der Waals surface area contributed by atoms with E-state index in [4.69, 9.17) is 11.6 Å². The lowest BCUT2D eigenvalue weighted by Gasteiger charge is -2.28. The van der Waals surface area contributed by atoms with Gasteiger partial charge in [0.1, 0.15) is 11.9 Å². The molecule has 0 aliphatic carbocycles. The van der Waals surface area contributed by atoms with Gasteiger partial charge in [-0.05, 0) is 49.7 Å². The van der Waals surface area contributed by atoms with Gasteiger partial charge in [-0.15, -0.1) is 0 Å². The Balaban J connectivity index is 2.31. The van der Waals surface area contributed by atoms with E-state index in [1.165, 1.54) is 19.1 Å². The van der Waals surface area contributed by atoms with E-state index in [0.717, 1.165) is 22.2 Å². The molecule has 2 rings (SSSR count). The standard InChI is InChI=1S/C17H18ClFN2O3S/c1-11-5-4-6-14(9-11)21(25(3,23)24)12(2)17(22)20-13-7-8-16(19)15(18)10-13/h4-10,12H,1-3H3,(H,20,22). The van der Waals surface area contributed by atoms with Gasteiger partial charge in [-0.1, -0.05) is 23.7 Å². The molecule has 1 atom stereocenters. The Morgan fingerprint density at radius 1 is 1.24 bits per heavy atom. The van der Waals surface area contributed by atoms with Crippen molar-refractivity contribution < 1.29 is 17.6 Å². The number of nitrogens with zero attached hydrogens (tertiary/aromatic N) is 1. The van der Waals surface area contributed by atoms with Crippen molar-refractivity contribution in [2.75, 3.05) is 15.9 Å². The Morgan fingerprint density at radius 3 is 2.48 bits per heavy atom. The molecule has 0 bridgehead atoms. The molecule has 0 aliphatic rings. The molecule has 0 heterocycles. The van der Waals surface area contributed by atoms with Crippen LogP contribution in [0.1, 0.15) is 12.5 Å². The van der Waals surface area contributed by atoms with Gasteiger partial charge in [0.15, 0.2) is 0 Å². The Morgan fingerprint density at radius 2 is 1.92 bits per heavy atom. The number of hydrogen-bond acceptors (Lipinski definition) is 3. The van der Waals surface area contributed by atoms with E-state index in [-0.39, 0.29) is 10.7 Å². The molecule has 2 aromatic carbocycles. The number of aryl methyl sites for hydroxylation is 1. The zero-order valence-corrected chi connectivity index (χ0v) is 15.5. The SMILES string of the molecule is Cc1cccc(N(C(C)C(=O)Nc2ccc(F)c(Cl)c2)S(C)(=O)=O)c1. The summed E-state index contributed by atoms with van der Waals surface area (Å²) in [6.07, 6.45) is 1.04. The maximum absolute atomic E-state index is 13.2. The van der Waals surface area contributed by atoms with Crippen LogP contribution in [0.25, 0.3) is 0 Å². The van der Waals surface area contributed by atoms with Crippen LogP contribution in [0.5, 0.6) is 0 Å². The first-order valence-electron chi connectivity index (χ1n) is 7.41. The van der Waals surface area contributed by atoms with Crippen molar-refractivity contribution in [2.45, 2.75) is 19.9 Å². The zero-order valence-electron chi connectivity index (χ0n) is 14.0. The summed E-state index contributed by atoms with van der Waals surface area (Å²) in [4.78, 5) is 12.5. The average Bonchev–Trinajstić information content (AvgIpc) is 2.49. The maximum atomic E-state index is 13.2. The minimum Gasteiger partial charge on any atom is -0.324 e. The lowest BCUT2D eigenvalue weighted by atomic mass is 10.2. The van der Waals surface area contributed by atoms with Crippen LogP contribution in [0.4, 0.5) is 15.8 Å². The number of halogens is 2. The second kappa shape index (κ2) is 7.41. The molecule has 0 spiro atoms. The van der Waals surface area contributed by atoms with Crippen LogP contribution in [-0.4, -0.2) is 26.6 Å². The van der Waals surface area contributed by atoms with Crippen LogP contribution in [0.2, 0.25) is 5.02 Å². The van der Waals surface area contributed by atoms with Crippen molar-refractivity contribution in [3.05, 3.63) is 58.9 Å². The van der Waals surface area contributed by atoms with Gasteiger partial charge >= 0.3 is 0 Å². The van der Waals surface area contributed by atoms with Gasteiger partial charge in [-0.25, -0.2) is 12.8 Å². The van der Waals surface area contributed by atoms with Crippen molar-refractivity contribution in [1.82, 2.24) is 0 Å². The molecule has 2 aromatic rings. The molecule has 1 N–H and O–H groups in total. The summed E-state index contributed by atoms with van der Waals surface area (Å²) < 4.78 is 38.7. The number of anilines is 2. The van der Waals surface area contributed by atoms with Crippen molar-refractivity contribution in [2.24, 2.45) is 0 Å². The van der Waals surface area contributed by atoms with Crippen molar-refractivity contribution in [1.29, 1.82) is 0 Å². The number of amides is 1. The highest BCUT2D eigenvalue weighted by molar-refractivity contribution is 7.92. The molecular weight excluding hydrogens is 367 g/mol. The highest BCUT2D eigenvalue weighted by atomic mass is 35.5. The van der Waals surface area contributed by atoms with E-state index in [9.17, 15) is 17.6 Å². The van der Waals surface area contributed by atoms with Crippen LogP contribution < -0.4 is 9.62 Å². The third-order valence-electron chi connectivity index (χ3n) is 3.53. The van der Waals surface area contributed by atoms with E-state index in [2.05, 4.69) is 5.32 Å². The number of hydrogen-bond donors (Lipinski definition) is 1. The quantitative estimate of drug-likeness (QED) is 0.856. The molecule has 1 unspecified atom stereocenters. The van der Waals surface area contributed by atoms with E-state index >= 15 is 0 Å². The number of sulfonamides is 1. The fourth-order valence-electron chi connectivity index (χ4n) is 2.39. The Kier molecular flexibility index (Phi) is 5.69. The first kappa shape index (κ1) is 19.2. The van der Waals surface area contributed by atoms with Crippen molar-refractivity contribution in [3.63, 3.8) is 0 Å². The Bertz CT molecular complexity index is 903. The third-order valence-corrected chi connectivity index (χ3v) is 5.06. The average molecular weight is 385 g/mol. The molecular formula is C17H18ClFN2O3S. The molecule has 134 valence electrons. The lowest BCUT2D eigenvalue weighted by Crippen LogP contribution is -2.45. The number of carbonyl (C=O) groups is 1. The smallest absolute Gasteiger partial charge is 0.247 e. The van der Waals surface area contributed by atoms with Crippen LogP contribution in [-0.2, 0) is 14.8 Å². The second-order valence-electron chi connectivity index (χ2n) is 5.69. The first-order chi connectivity index (χ1) is 11.6. The van der Waals surface area contributed by atoms with Gasteiger partial charge in [0.25, 0.3) is 0 Å². The molecule has 0 saturated carbocycles. The van der Waals surface area contributed by atoms with Gasteiger partial charge in [-0.3, -0.25) is 9.10 Å². The predicted octanol–water partition coefficient (Wildman–Crippen LogP) is 3.58. The molecule has 0 aliphatic heterocycles. The lowest BCUT2D eigenvalue weighted by molar-refractivity contribution is -0.116. The molecule has 5 nitrogen and oxygen atoms in total. The van der Waals surface area contributed by atoms with Gasteiger partial charge in [-0.2, -0.15) is 0 Å². The summed E-state index contributed by atoms with van der Waals surface area (Å²) in [5.74, 6) is -1.17. The second-order valence-corrected chi connectivity index (χ2v) is 7.96. The number of benzene rings is 2. The number of carbonyl (C=O) groups excluding carboxylic acids is 1. The number of nitrogens with one attached hydrogen (secondary N) is 1. The molecule has 0 fully saturated rings. The van der Waals surface area contributed by atoms with Crippen molar-refractivity contribution in [3.8, 4) is 0 Å². The Labute approximate surface area is 151 Å². The Hall–Kier alpha value is -2.12. The molecule has 8 heteroatoms. The minimum absolute atomic E-state index is 0.135. The zero-order chi connectivity index (χ0) is 18.8. The summed E-state index contributed by atoms with van der Waals surface area (Å²) >= 11 is 5.69. The fraction of sp³-hybridized carbons (Fsp3) is 0.235. The van der Waals surface area contributed by atoms with Crippen LogP contribution in [0.3, 0.4) is 0 Å². The van der Waals surface area contributed by atoms with Crippen molar-refractivity contribution >= 4 is 38.9 Å². The summed E-state index contributed by atoms with van der Waals surface area (Å²) in [7, 11) is -3.70. The highest BCUT2D eigenvalue weighted by Gasteiger charge is 2.29. The summed E-state index contributed by atoms with van der Waals surface area (Å²) in [5, 5.41) is 2.42. The van der Waals surface area contributed by atoms with Gasteiger partial charge in [0, 0.05) is 5.69 Å². The van der Waals surface area contributed by atoms with E-state index < -0.39 is 27.8 Å². The predicted molar refractivity (Wildman–Crippen MR) is 98.0 cm³/mol. The minimum atomic E-state index is -3.70. The molecule has 0 radical (unpaired) electrons. The summed E-state index contributed by atoms with van der Waals surface area (Å²) in [6, 6.07) is 9.56. The first-order valence-corrected chi connectivity index (χ1v) is 9.64. The van der Waals surface area contributed by atoms with Crippen LogP contribution >= 0.6 is 11.6 Å². The van der Waals surface area contributed by atoms with Gasteiger partial charge in [0.05, 0.1) is 17.0 Å². The number of rotatable bonds is 5. The fourth-order valence-corrected chi connectivity index (χ4v) is 3.74. The molecule has 0 aromatic heterocycles. The topological polar surface area (TPSA) is 66.5 Å². The normalized spacial score (nSPS) is 12.5. The highest BCUT2D eigenvalue weighted by Crippen LogP contribution is 2.24. The molecule has 0 saturated heterocycles. The van der Waals surface area contributed by atoms with E-state index in [1.54, 1.807) is 18.2 Å².